The van der Waals surface area contributed by atoms with Crippen molar-refractivity contribution in [2.45, 2.75) is 44.7 Å². The van der Waals surface area contributed by atoms with Crippen molar-refractivity contribution in [2.75, 3.05) is 0 Å². The Hall–Kier alpha value is -0.890. The fourth-order valence-corrected chi connectivity index (χ4v) is 2.32. The molecular weight excluding hydrogens is 189 g/mol. The Labute approximate surface area is 90.7 Å². The molecule has 0 aliphatic heterocycles. The average Bonchev–Trinajstić information content (AvgIpc) is 2.70. The van der Waals surface area contributed by atoms with Gasteiger partial charge >= 0.3 is 0 Å². The van der Waals surface area contributed by atoms with E-state index in [2.05, 4.69) is 12.2 Å². The van der Waals surface area contributed by atoms with Crippen LogP contribution in [0.15, 0.2) is 24.3 Å². The molecule has 1 N–H and O–H groups in total. The minimum Gasteiger partial charge on any atom is -0.307 e. The molecular formula is C13H18FN. The molecule has 1 fully saturated rings. The van der Waals surface area contributed by atoms with Crippen LogP contribution < -0.4 is 5.32 Å². The summed E-state index contributed by atoms with van der Waals surface area (Å²) in [6.45, 7) is 2.10. The first-order chi connectivity index (χ1) is 7.25. The van der Waals surface area contributed by atoms with E-state index in [1.807, 2.05) is 6.07 Å². The zero-order valence-corrected chi connectivity index (χ0v) is 9.17. The largest absolute Gasteiger partial charge is 0.307 e. The van der Waals surface area contributed by atoms with Crippen LogP contribution in [0, 0.1) is 5.82 Å². The number of rotatable bonds is 3. The third-order valence-electron chi connectivity index (χ3n) is 3.19. The summed E-state index contributed by atoms with van der Waals surface area (Å²) in [5.74, 6) is -0.146. The van der Waals surface area contributed by atoms with Gasteiger partial charge in [0.2, 0.25) is 0 Å². The molecule has 82 valence electrons. The summed E-state index contributed by atoms with van der Waals surface area (Å²) >= 11 is 0. The van der Waals surface area contributed by atoms with E-state index in [1.54, 1.807) is 12.1 Å². The molecule has 2 heteroatoms. The third kappa shape index (κ3) is 2.78. The van der Waals surface area contributed by atoms with Gasteiger partial charge in [-0.3, -0.25) is 0 Å². The fourth-order valence-electron chi connectivity index (χ4n) is 2.32. The van der Waals surface area contributed by atoms with Crippen molar-refractivity contribution in [3.8, 4) is 0 Å². The van der Waals surface area contributed by atoms with Crippen LogP contribution in [0.3, 0.4) is 0 Å². The smallest absolute Gasteiger partial charge is 0.123 e. The van der Waals surface area contributed by atoms with Crippen molar-refractivity contribution in [2.24, 2.45) is 0 Å². The monoisotopic (exact) mass is 207 g/mol. The molecule has 1 atom stereocenters. The highest BCUT2D eigenvalue weighted by Crippen LogP contribution is 2.22. The molecule has 1 saturated carbocycles. The molecule has 0 aromatic heterocycles. The number of hydrogen-bond acceptors (Lipinski definition) is 1. The number of hydrogen-bond donors (Lipinski definition) is 1. The second-order valence-electron chi connectivity index (χ2n) is 4.42. The highest BCUT2D eigenvalue weighted by Gasteiger charge is 2.17. The zero-order chi connectivity index (χ0) is 10.7. The lowest BCUT2D eigenvalue weighted by molar-refractivity contribution is 0.459. The van der Waals surface area contributed by atoms with Gasteiger partial charge in [0.25, 0.3) is 0 Å². The summed E-state index contributed by atoms with van der Waals surface area (Å²) < 4.78 is 13.0. The minimum atomic E-state index is -0.146. The summed E-state index contributed by atoms with van der Waals surface area (Å²) in [6.07, 6.45) is 5.18. The van der Waals surface area contributed by atoms with Gasteiger partial charge in [0.15, 0.2) is 0 Å². The molecule has 0 saturated heterocycles. The lowest BCUT2D eigenvalue weighted by Gasteiger charge is -2.19. The highest BCUT2D eigenvalue weighted by molar-refractivity contribution is 5.19. The first-order valence-corrected chi connectivity index (χ1v) is 5.77. The number of nitrogens with one attached hydrogen (secondary N) is 1. The maximum absolute atomic E-state index is 13.0. The first kappa shape index (κ1) is 10.6. The molecule has 0 bridgehead atoms. The first-order valence-electron chi connectivity index (χ1n) is 5.77. The van der Waals surface area contributed by atoms with Gasteiger partial charge in [-0.15, -0.1) is 0 Å². The van der Waals surface area contributed by atoms with Crippen LogP contribution in [0.1, 0.15) is 44.2 Å². The van der Waals surface area contributed by atoms with Gasteiger partial charge < -0.3 is 5.32 Å². The fraction of sp³-hybridized carbons (Fsp3) is 0.538. The van der Waals surface area contributed by atoms with E-state index in [0.717, 1.165) is 5.56 Å². The van der Waals surface area contributed by atoms with Crippen LogP contribution in [0.4, 0.5) is 4.39 Å². The van der Waals surface area contributed by atoms with Gasteiger partial charge in [0, 0.05) is 12.1 Å². The van der Waals surface area contributed by atoms with Crippen LogP contribution >= 0.6 is 0 Å². The van der Waals surface area contributed by atoms with Gasteiger partial charge in [0.1, 0.15) is 5.82 Å². The molecule has 0 amide bonds. The molecule has 1 aliphatic carbocycles. The van der Waals surface area contributed by atoms with Gasteiger partial charge in [-0.05, 0) is 37.5 Å². The minimum absolute atomic E-state index is 0.146. The average molecular weight is 207 g/mol. The highest BCUT2D eigenvalue weighted by atomic mass is 19.1. The molecule has 0 heterocycles. The quantitative estimate of drug-likeness (QED) is 0.800. The molecule has 1 aliphatic rings. The SMILES string of the molecule is CC(NC1CCCC1)c1cccc(F)c1. The van der Waals surface area contributed by atoms with E-state index >= 15 is 0 Å². The lowest BCUT2D eigenvalue weighted by atomic mass is 10.1. The van der Waals surface area contributed by atoms with E-state index in [0.29, 0.717) is 6.04 Å². The second-order valence-corrected chi connectivity index (χ2v) is 4.42. The number of benzene rings is 1. The van der Waals surface area contributed by atoms with Crippen LogP contribution in [0.2, 0.25) is 0 Å². The normalized spacial score (nSPS) is 19.3. The van der Waals surface area contributed by atoms with Crippen molar-refractivity contribution < 1.29 is 4.39 Å². The van der Waals surface area contributed by atoms with E-state index < -0.39 is 0 Å². The van der Waals surface area contributed by atoms with Crippen molar-refractivity contribution in [1.29, 1.82) is 0 Å². The Morgan fingerprint density at radius 3 is 2.73 bits per heavy atom. The molecule has 1 nitrogen and oxygen atoms in total. The summed E-state index contributed by atoms with van der Waals surface area (Å²) in [5, 5.41) is 3.56. The molecule has 0 radical (unpaired) electrons. The van der Waals surface area contributed by atoms with E-state index in [1.165, 1.54) is 31.7 Å². The van der Waals surface area contributed by atoms with Crippen molar-refractivity contribution in [3.63, 3.8) is 0 Å². The second kappa shape index (κ2) is 4.75. The molecule has 1 unspecified atom stereocenters. The third-order valence-corrected chi connectivity index (χ3v) is 3.19. The number of halogens is 1. The Bertz CT molecular complexity index is 318. The van der Waals surface area contributed by atoms with Crippen LogP contribution in [0.5, 0.6) is 0 Å². The Morgan fingerprint density at radius 1 is 1.33 bits per heavy atom. The summed E-state index contributed by atoms with van der Waals surface area (Å²) in [7, 11) is 0. The van der Waals surface area contributed by atoms with E-state index in [4.69, 9.17) is 0 Å². The van der Waals surface area contributed by atoms with Crippen LogP contribution in [-0.2, 0) is 0 Å². The van der Waals surface area contributed by atoms with Gasteiger partial charge in [-0.25, -0.2) is 4.39 Å². The molecule has 0 spiro atoms. The standard InChI is InChI=1S/C13H18FN/c1-10(15-13-7-2-3-8-13)11-5-4-6-12(14)9-11/h4-6,9-10,13,15H,2-3,7-8H2,1H3. The summed E-state index contributed by atoms with van der Waals surface area (Å²) in [6, 6.07) is 7.75. The topological polar surface area (TPSA) is 12.0 Å². The Morgan fingerprint density at radius 2 is 2.07 bits per heavy atom. The maximum atomic E-state index is 13.0. The summed E-state index contributed by atoms with van der Waals surface area (Å²) in [5.41, 5.74) is 1.04. The van der Waals surface area contributed by atoms with Gasteiger partial charge in [-0.2, -0.15) is 0 Å². The Kier molecular flexibility index (Phi) is 3.37. The zero-order valence-electron chi connectivity index (χ0n) is 9.17. The molecule has 1 aromatic rings. The lowest BCUT2D eigenvalue weighted by Crippen LogP contribution is -2.28. The maximum Gasteiger partial charge on any atom is 0.123 e. The van der Waals surface area contributed by atoms with E-state index in [-0.39, 0.29) is 11.9 Å². The van der Waals surface area contributed by atoms with Gasteiger partial charge in [-0.1, -0.05) is 25.0 Å². The van der Waals surface area contributed by atoms with Crippen molar-refractivity contribution >= 4 is 0 Å². The Balaban J connectivity index is 1.97. The van der Waals surface area contributed by atoms with Gasteiger partial charge in [0.05, 0.1) is 0 Å². The molecule has 15 heavy (non-hydrogen) atoms. The van der Waals surface area contributed by atoms with Crippen molar-refractivity contribution in [3.05, 3.63) is 35.6 Å². The molecule has 1 aromatic carbocycles. The summed E-state index contributed by atoms with van der Waals surface area (Å²) in [4.78, 5) is 0. The van der Waals surface area contributed by atoms with Crippen LogP contribution in [-0.4, -0.2) is 6.04 Å². The van der Waals surface area contributed by atoms with E-state index in [9.17, 15) is 4.39 Å². The predicted molar refractivity (Wildman–Crippen MR) is 60.2 cm³/mol. The van der Waals surface area contributed by atoms with Crippen LogP contribution in [0.25, 0.3) is 0 Å². The molecule has 2 rings (SSSR count). The van der Waals surface area contributed by atoms with Crippen molar-refractivity contribution in [1.82, 2.24) is 5.32 Å². The predicted octanol–water partition coefficient (Wildman–Crippen LogP) is 3.42.